The van der Waals surface area contributed by atoms with Crippen LogP contribution in [-0.4, -0.2) is 0 Å². The molecule has 0 aliphatic rings. The van der Waals surface area contributed by atoms with Crippen LogP contribution in [0.2, 0.25) is 0 Å². The Morgan fingerprint density at radius 3 is 1.76 bits per heavy atom. The van der Waals surface area contributed by atoms with Crippen molar-refractivity contribution in [1.29, 1.82) is 0 Å². The first-order valence-electron chi connectivity index (χ1n) is 15.2. The molecule has 0 saturated heterocycles. The minimum Gasteiger partial charge on any atom is -0.454 e. The molecule has 0 amide bonds. The predicted molar refractivity (Wildman–Crippen MR) is 192 cm³/mol. The summed E-state index contributed by atoms with van der Waals surface area (Å²) in [5, 5.41) is 4.80. The van der Waals surface area contributed by atoms with Gasteiger partial charge in [0.2, 0.25) is 0 Å². The van der Waals surface area contributed by atoms with Crippen molar-refractivity contribution in [2.75, 3.05) is 4.90 Å². The number of hydrogen-bond acceptors (Lipinski definition) is 3. The SMILES string of the molecule is c1ccc(-c2ccc(-c3ccc(N(c4ccc5sc6ccccc6c5c4)c4cccc5c4oc4ccccc45)cc3)cc2)cc1. The van der Waals surface area contributed by atoms with Gasteiger partial charge < -0.3 is 9.32 Å². The van der Waals surface area contributed by atoms with Crippen molar-refractivity contribution in [3.63, 3.8) is 0 Å². The minimum atomic E-state index is 0.884. The van der Waals surface area contributed by atoms with Gasteiger partial charge in [0, 0.05) is 42.3 Å². The third-order valence-corrected chi connectivity index (χ3v) is 9.85. The number of fused-ring (bicyclic) bond motifs is 6. The first kappa shape index (κ1) is 25.8. The van der Waals surface area contributed by atoms with Gasteiger partial charge >= 0.3 is 0 Å². The molecule has 212 valence electrons. The van der Waals surface area contributed by atoms with Crippen LogP contribution < -0.4 is 4.90 Å². The van der Waals surface area contributed by atoms with Crippen LogP contribution >= 0.6 is 11.3 Å². The number of thiophene rings is 1. The van der Waals surface area contributed by atoms with E-state index < -0.39 is 0 Å². The Labute approximate surface area is 265 Å². The molecular formula is C42H27NOS. The Morgan fingerprint density at radius 2 is 0.978 bits per heavy atom. The van der Waals surface area contributed by atoms with Crippen LogP contribution in [0.4, 0.5) is 17.1 Å². The lowest BCUT2D eigenvalue weighted by atomic mass is 10.00. The topological polar surface area (TPSA) is 16.4 Å². The predicted octanol–water partition coefficient (Wildman–Crippen LogP) is 12.8. The highest BCUT2D eigenvalue weighted by Crippen LogP contribution is 2.44. The van der Waals surface area contributed by atoms with E-state index in [9.17, 15) is 0 Å². The molecule has 0 N–H and O–H groups in total. The fourth-order valence-electron chi connectivity index (χ4n) is 6.48. The number of rotatable bonds is 5. The lowest BCUT2D eigenvalue weighted by Crippen LogP contribution is -2.10. The fraction of sp³-hybridized carbons (Fsp3) is 0. The van der Waals surface area contributed by atoms with Crippen molar-refractivity contribution in [2.24, 2.45) is 0 Å². The fourth-order valence-corrected chi connectivity index (χ4v) is 7.56. The zero-order chi connectivity index (χ0) is 29.7. The van der Waals surface area contributed by atoms with E-state index in [4.69, 9.17) is 4.42 Å². The summed E-state index contributed by atoms with van der Waals surface area (Å²) in [5.41, 5.74) is 9.79. The third-order valence-electron chi connectivity index (χ3n) is 8.69. The zero-order valence-corrected chi connectivity index (χ0v) is 25.2. The highest BCUT2D eigenvalue weighted by molar-refractivity contribution is 7.25. The van der Waals surface area contributed by atoms with Gasteiger partial charge in [-0.1, -0.05) is 115 Å². The highest BCUT2D eigenvalue weighted by Gasteiger charge is 2.20. The van der Waals surface area contributed by atoms with Crippen molar-refractivity contribution in [3.8, 4) is 22.3 Å². The van der Waals surface area contributed by atoms with Gasteiger partial charge in [-0.05, 0) is 70.8 Å². The summed E-state index contributed by atoms with van der Waals surface area (Å²) in [4.78, 5) is 2.33. The molecule has 0 saturated carbocycles. The molecule has 0 atom stereocenters. The second kappa shape index (κ2) is 10.5. The monoisotopic (exact) mass is 593 g/mol. The lowest BCUT2D eigenvalue weighted by Gasteiger charge is -2.26. The Kier molecular flexibility index (Phi) is 6.03. The maximum absolute atomic E-state index is 6.55. The van der Waals surface area contributed by atoms with Crippen molar-refractivity contribution in [1.82, 2.24) is 0 Å². The van der Waals surface area contributed by atoms with Gasteiger partial charge in [0.1, 0.15) is 5.58 Å². The highest BCUT2D eigenvalue weighted by atomic mass is 32.1. The first-order valence-corrected chi connectivity index (χ1v) is 16.0. The van der Waals surface area contributed by atoms with E-state index >= 15 is 0 Å². The van der Waals surface area contributed by atoms with Crippen molar-refractivity contribution in [2.45, 2.75) is 0 Å². The van der Waals surface area contributed by atoms with Crippen LogP contribution in [0.1, 0.15) is 0 Å². The van der Waals surface area contributed by atoms with Crippen LogP contribution in [0, 0.1) is 0 Å². The third kappa shape index (κ3) is 4.40. The molecule has 9 aromatic rings. The van der Waals surface area contributed by atoms with E-state index in [-0.39, 0.29) is 0 Å². The molecule has 2 nitrogen and oxygen atoms in total. The minimum absolute atomic E-state index is 0.884. The van der Waals surface area contributed by atoms with Crippen LogP contribution in [0.25, 0.3) is 64.4 Å². The van der Waals surface area contributed by atoms with E-state index in [0.717, 1.165) is 39.0 Å². The average molecular weight is 594 g/mol. The molecular weight excluding hydrogens is 567 g/mol. The number of anilines is 3. The molecule has 0 aliphatic heterocycles. The molecule has 0 radical (unpaired) electrons. The molecule has 0 spiro atoms. The second-order valence-electron chi connectivity index (χ2n) is 11.4. The standard InChI is InChI=1S/C42H27NOS/c1-2-9-28(10-3-1)29-17-19-30(20-18-29)31-21-23-32(24-22-31)43(33-25-26-41-37(27-33)35-12-5-7-16-40(35)45-41)38-14-8-13-36-34-11-4-6-15-39(34)44-42(36)38/h1-27H. The van der Waals surface area contributed by atoms with Gasteiger partial charge in [-0.25, -0.2) is 0 Å². The van der Waals surface area contributed by atoms with Gasteiger partial charge in [-0.15, -0.1) is 11.3 Å². The van der Waals surface area contributed by atoms with E-state index in [2.05, 4.69) is 157 Å². The van der Waals surface area contributed by atoms with Gasteiger partial charge in [0.15, 0.2) is 5.58 Å². The number of para-hydroxylation sites is 2. The van der Waals surface area contributed by atoms with Crippen molar-refractivity contribution in [3.05, 3.63) is 164 Å². The van der Waals surface area contributed by atoms with Gasteiger partial charge in [-0.3, -0.25) is 0 Å². The van der Waals surface area contributed by atoms with E-state index in [0.29, 0.717) is 0 Å². The van der Waals surface area contributed by atoms with Crippen LogP contribution in [-0.2, 0) is 0 Å². The molecule has 3 heteroatoms. The molecule has 0 unspecified atom stereocenters. The Bertz CT molecular complexity index is 2470. The first-order chi connectivity index (χ1) is 22.3. The van der Waals surface area contributed by atoms with Crippen LogP contribution in [0.3, 0.4) is 0 Å². The molecule has 2 aromatic heterocycles. The molecule has 45 heavy (non-hydrogen) atoms. The maximum atomic E-state index is 6.55. The maximum Gasteiger partial charge on any atom is 0.159 e. The molecule has 2 heterocycles. The number of nitrogens with zero attached hydrogens (tertiary/aromatic N) is 1. The van der Waals surface area contributed by atoms with Gasteiger partial charge in [-0.2, -0.15) is 0 Å². The zero-order valence-electron chi connectivity index (χ0n) is 24.4. The van der Waals surface area contributed by atoms with Gasteiger partial charge in [0.05, 0.1) is 5.69 Å². The quantitative estimate of drug-likeness (QED) is 0.197. The van der Waals surface area contributed by atoms with Crippen molar-refractivity contribution >= 4 is 70.5 Å². The summed E-state index contributed by atoms with van der Waals surface area (Å²) in [5.74, 6) is 0. The van der Waals surface area contributed by atoms with Gasteiger partial charge in [0.25, 0.3) is 0 Å². The number of furan rings is 1. The molecule has 7 aromatic carbocycles. The summed E-state index contributed by atoms with van der Waals surface area (Å²) in [6.07, 6.45) is 0. The summed E-state index contributed by atoms with van der Waals surface area (Å²) in [6.45, 7) is 0. The van der Waals surface area contributed by atoms with E-state index in [1.54, 1.807) is 0 Å². The van der Waals surface area contributed by atoms with Crippen LogP contribution in [0.5, 0.6) is 0 Å². The van der Waals surface area contributed by atoms with Crippen LogP contribution in [0.15, 0.2) is 168 Å². The summed E-state index contributed by atoms with van der Waals surface area (Å²) < 4.78 is 9.14. The average Bonchev–Trinajstić information content (AvgIpc) is 3.68. The summed E-state index contributed by atoms with van der Waals surface area (Å²) >= 11 is 1.84. The summed E-state index contributed by atoms with van der Waals surface area (Å²) in [6, 6.07) is 58.4. The molecule has 0 bridgehead atoms. The number of hydrogen-bond donors (Lipinski definition) is 0. The largest absolute Gasteiger partial charge is 0.454 e. The Hall–Kier alpha value is -5.64. The smallest absolute Gasteiger partial charge is 0.159 e. The molecule has 9 rings (SSSR count). The second-order valence-corrected chi connectivity index (χ2v) is 12.4. The molecule has 0 aliphatic carbocycles. The lowest BCUT2D eigenvalue weighted by molar-refractivity contribution is 0.669. The molecule has 0 fully saturated rings. The summed E-state index contributed by atoms with van der Waals surface area (Å²) in [7, 11) is 0. The van der Waals surface area contributed by atoms with E-state index in [1.807, 2.05) is 23.5 Å². The normalized spacial score (nSPS) is 11.6. The van der Waals surface area contributed by atoms with Crippen molar-refractivity contribution < 1.29 is 4.42 Å². The number of benzene rings is 7. The Balaban J connectivity index is 1.19. The van der Waals surface area contributed by atoms with E-state index in [1.165, 1.54) is 42.4 Å². The Morgan fingerprint density at radius 1 is 0.400 bits per heavy atom.